The van der Waals surface area contributed by atoms with Crippen LogP contribution in [0.5, 0.6) is 0 Å². The lowest BCUT2D eigenvalue weighted by Crippen LogP contribution is -2.27. The molecule has 1 atom stereocenters. The van der Waals surface area contributed by atoms with Gasteiger partial charge in [-0.25, -0.2) is 17.8 Å². The summed E-state index contributed by atoms with van der Waals surface area (Å²) in [5.74, 6) is 0. The summed E-state index contributed by atoms with van der Waals surface area (Å²) in [5.41, 5.74) is 4.12. The molecule has 3 rings (SSSR count). The van der Waals surface area contributed by atoms with E-state index in [2.05, 4.69) is 28.9 Å². The molecule has 0 fully saturated rings. The van der Waals surface area contributed by atoms with Crippen molar-refractivity contribution in [3.05, 3.63) is 77.1 Å². The lowest BCUT2D eigenvalue weighted by molar-refractivity contribution is 0.565. The molecule has 28 heavy (non-hydrogen) atoms. The molecule has 0 saturated carbocycles. The summed E-state index contributed by atoms with van der Waals surface area (Å²) >= 11 is 0. The Morgan fingerprint density at radius 2 is 1.68 bits per heavy atom. The molecule has 0 spiro atoms. The Labute approximate surface area is 167 Å². The molecule has 1 unspecified atom stereocenters. The van der Waals surface area contributed by atoms with E-state index in [0.29, 0.717) is 11.4 Å². The average Bonchev–Trinajstić information content (AvgIpc) is 2.98. The molecule has 1 N–H and O–H groups in total. The first-order valence-corrected chi connectivity index (χ1v) is 11.0. The first kappa shape index (κ1) is 20.3. The number of benzene rings is 2. The number of rotatable bonds is 7. The third-order valence-corrected chi connectivity index (χ3v) is 6.64. The minimum absolute atomic E-state index is 0.241. The number of para-hydroxylation sites is 1. The third kappa shape index (κ3) is 4.18. The van der Waals surface area contributed by atoms with Gasteiger partial charge in [0.05, 0.1) is 17.1 Å². The van der Waals surface area contributed by atoms with E-state index in [9.17, 15) is 8.42 Å². The molecular formula is C22H27N3O2S. The number of nitrogens with one attached hydrogen (secondary N) is 1. The van der Waals surface area contributed by atoms with Crippen molar-refractivity contribution in [2.24, 2.45) is 0 Å². The maximum atomic E-state index is 13.1. The van der Waals surface area contributed by atoms with E-state index in [1.54, 1.807) is 18.5 Å². The van der Waals surface area contributed by atoms with Gasteiger partial charge in [-0.05, 0) is 50.5 Å². The quantitative estimate of drug-likeness (QED) is 0.639. The first-order chi connectivity index (χ1) is 13.3. The molecule has 0 radical (unpaired) electrons. The predicted molar refractivity (Wildman–Crippen MR) is 112 cm³/mol. The Bertz CT molecular complexity index is 1040. The van der Waals surface area contributed by atoms with Crippen LogP contribution in [0.15, 0.2) is 59.5 Å². The van der Waals surface area contributed by atoms with E-state index in [-0.39, 0.29) is 10.9 Å². The van der Waals surface area contributed by atoms with Crippen LogP contribution in [0.2, 0.25) is 0 Å². The van der Waals surface area contributed by atoms with Crippen LogP contribution in [0.25, 0.3) is 5.69 Å². The zero-order chi connectivity index (χ0) is 20.3. The molecular weight excluding hydrogens is 370 g/mol. The largest absolute Gasteiger partial charge is 0.244 e. The fourth-order valence-corrected chi connectivity index (χ4v) is 5.08. The van der Waals surface area contributed by atoms with Crippen LogP contribution in [0.4, 0.5) is 0 Å². The van der Waals surface area contributed by atoms with Crippen LogP contribution < -0.4 is 4.72 Å². The standard InChI is InChI=1S/C22H27N3O2S/c1-5-9-19-12-14-20(15-13-19)16(2)24-28(26,27)22-17(3)23-25(18(22)4)21-10-7-6-8-11-21/h6-8,10-16,24H,5,9H2,1-4H3. The Morgan fingerprint density at radius 1 is 1.04 bits per heavy atom. The monoisotopic (exact) mass is 397 g/mol. The van der Waals surface area contributed by atoms with Gasteiger partial charge in [0.15, 0.2) is 0 Å². The lowest BCUT2D eigenvalue weighted by atomic mass is 10.0. The molecule has 148 valence electrons. The number of sulfonamides is 1. The SMILES string of the molecule is CCCc1ccc(C(C)NS(=O)(=O)c2c(C)nn(-c3ccccc3)c2C)cc1. The van der Waals surface area contributed by atoms with Crippen molar-refractivity contribution in [1.82, 2.24) is 14.5 Å². The molecule has 0 aliphatic rings. The summed E-state index contributed by atoms with van der Waals surface area (Å²) in [4.78, 5) is 0.241. The molecule has 0 aliphatic carbocycles. The molecule has 2 aromatic carbocycles. The maximum Gasteiger partial charge on any atom is 0.244 e. The number of hydrogen-bond acceptors (Lipinski definition) is 3. The van der Waals surface area contributed by atoms with Gasteiger partial charge in [-0.1, -0.05) is 55.8 Å². The first-order valence-electron chi connectivity index (χ1n) is 9.56. The topological polar surface area (TPSA) is 64.0 Å². The second-order valence-electron chi connectivity index (χ2n) is 7.08. The minimum Gasteiger partial charge on any atom is -0.236 e. The van der Waals surface area contributed by atoms with Gasteiger partial charge in [0.2, 0.25) is 10.0 Å². The molecule has 0 saturated heterocycles. The van der Waals surface area contributed by atoms with Gasteiger partial charge < -0.3 is 0 Å². The van der Waals surface area contributed by atoms with Crippen LogP contribution in [0.1, 0.15) is 48.8 Å². The van der Waals surface area contributed by atoms with Crippen molar-refractivity contribution in [3.8, 4) is 5.69 Å². The van der Waals surface area contributed by atoms with E-state index in [1.807, 2.05) is 49.4 Å². The highest BCUT2D eigenvalue weighted by molar-refractivity contribution is 7.89. The fraction of sp³-hybridized carbons (Fsp3) is 0.318. The van der Waals surface area contributed by atoms with Crippen LogP contribution in [0.3, 0.4) is 0 Å². The predicted octanol–water partition coefficient (Wildman–Crippen LogP) is 4.48. The second kappa shape index (κ2) is 8.29. The highest BCUT2D eigenvalue weighted by Crippen LogP contribution is 2.24. The summed E-state index contributed by atoms with van der Waals surface area (Å²) in [6, 6.07) is 17.3. The summed E-state index contributed by atoms with van der Waals surface area (Å²) in [6.07, 6.45) is 2.11. The van der Waals surface area contributed by atoms with Crippen molar-refractivity contribution in [2.75, 3.05) is 0 Å². The summed E-state index contributed by atoms with van der Waals surface area (Å²) in [5, 5.41) is 4.46. The molecule has 0 amide bonds. The van der Waals surface area contributed by atoms with E-state index < -0.39 is 10.0 Å². The van der Waals surface area contributed by atoms with Crippen molar-refractivity contribution >= 4 is 10.0 Å². The highest BCUT2D eigenvalue weighted by atomic mass is 32.2. The third-order valence-electron chi connectivity index (χ3n) is 4.84. The van der Waals surface area contributed by atoms with Gasteiger partial charge in [-0.2, -0.15) is 5.10 Å². The Hall–Kier alpha value is -2.44. The van der Waals surface area contributed by atoms with Gasteiger partial charge in [0.1, 0.15) is 4.90 Å². The van der Waals surface area contributed by atoms with Crippen molar-refractivity contribution in [1.29, 1.82) is 0 Å². The summed E-state index contributed by atoms with van der Waals surface area (Å²) < 4.78 is 30.7. The van der Waals surface area contributed by atoms with E-state index in [1.165, 1.54) is 5.56 Å². The van der Waals surface area contributed by atoms with E-state index >= 15 is 0 Å². The Morgan fingerprint density at radius 3 is 2.29 bits per heavy atom. The number of aromatic nitrogens is 2. The smallest absolute Gasteiger partial charge is 0.236 e. The van der Waals surface area contributed by atoms with Crippen LogP contribution >= 0.6 is 0 Å². The van der Waals surface area contributed by atoms with Gasteiger partial charge in [0, 0.05) is 6.04 Å². The Balaban J connectivity index is 1.88. The van der Waals surface area contributed by atoms with E-state index in [4.69, 9.17) is 0 Å². The summed E-state index contributed by atoms with van der Waals surface area (Å²) in [7, 11) is -3.71. The Kier molecular flexibility index (Phi) is 6.01. The average molecular weight is 398 g/mol. The summed E-state index contributed by atoms with van der Waals surface area (Å²) in [6.45, 7) is 7.51. The van der Waals surface area contributed by atoms with Crippen LogP contribution in [-0.2, 0) is 16.4 Å². The van der Waals surface area contributed by atoms with Crippen molar-refractivity contribution < 1.29 is 8.42 Å². The molecule has 5 nitrogen and oxygen atoms in total. The zero-order valence-corrected chi connectivity index (χ0v) is 17.6. The maximum absolute atomic E-state index is 13.1. The number of aryl methyl sites for hydroxylation is 2. The lowest BCUT2D eigenvalue weighted by Gasteiger charge is -2.15. The van der Waals surface area contributed by atoms with Gasteiger partial charge in [0.25, 0.3) is 0 Å². The van der Waals surface area contributed by atoms with Crippen LogP contribution in [-0.4, -0.2) is 18.2 Å². The molecule has 1 aromatic heterocycles. The fourth-order valence-electron chi connectivity index (χ4n) is 3.46. The number of nitrogens with zero attached hydrogens (tertiary/aromatic N) is 2. The molecule has 0 aliphatic heterocycles. The van der Waals surface area contributed by atoms with Gasteiger partial charge >= 0.3 is 0 Å². The molecule has 0 bridgehead atoms. The van der Waals surface area contributed by atoms with Crippen molar-refractivity contribution in [3.63, 3.8) is 0 Å². The highest BCUT2D eigenvalue weighted by Gasteiger charge is 2.27. The minimum atomic E-state index is -3.71. The normalized spacial score (nSPS) is 12.9. The number of hydrogen-bond donors (Lipinski definition) is 1. The molecule has 6 heteroatoms. The van der Waals surface area contributed by atoms with Crippen molar-refractivity contribution in [2.45, 2.75) is 51.5 Å². The molecule has 1 heterocycles. The van der Waals surface area contributed by atoms with Gasteiger partial charge in [-0.3, -0.25) is 0 Å². The molecule has 3 aromatic rings. The second-order valence-corrected chi connectivity index (χ2v) is 8.73. The van der Waals surface area contributed by atoms with Gasteiger partial charge in [-0.15, -0.1) is 0 Å². The van der Waals surface area contributed by atoms with E-state index in [0.717, 1.165) is 24.1 Å². The van der Waals surface area contributed by atoms with Crippen LogP contribution in [0, 0.1) is 13.8 Å². The zero-order valence-electron chi connectivity index (χ0n) is 16.8.